The number of fused-ring (bicyclic) bond motifs is 1. The van der Waals surface area contributed by atoms with Gasteiger partial charge in [-0.3, -0.25) is 9.69 Å². The predicted molar refractivity (Wildman–Crippen MR) is 116 cm³/mol. The maximum absolute atomic E-state index is 13.5. The van der Waals surface area contributed by atoms with Gasteiger partial charge in [0.2, 0.25) is 5.89 Å². The topological polar surface area (TPSA) is 114 Å². The van der Waals surface area contributed by atoms with Crippen LogP contribution in [0.4, 0.5) is 22.4 Å². The average molecular weight is 532 g/mol. The molecular weight excluding hydrogens is 514 g/mol. The average Bonchev–Trinajstić information content (AvgIpc) is 3.22. The lowest BCUT2D eigenvalue weighted by Crippen LogP contribution is -2.51. The number of amides is 2. The zero-order valence-corrected chi connectivity index (χ0v) is 19.0. The molecule has 0 radical (unpaired) electrons. The number of rotatable bonds is 6. The highest BCUT2D eigenvalue weighted by molar-refractivity contribution is 6.30. The molecule has 0 spiro atoms. The van der Waals surface area contributed by atoms with Gasteiger partial charge in [0.1, 0.15) is 28.9 Å². The summed E-state index contributed by atoms with van der Waals surface area (Å²) in [5.74, 6) is -1.63. The van der Waals surface area contributed by atoms with E-state index in [1.807, 2.05) is 0 Å². The van der Waals surface area contributed by atoms with Crippen molar-refractivity contribution in [1.29, 1.82) is 0 Å². The van der Waals surface area contributed by atoms with Crippen LogP contribution >= 0.6 is 11.6 Å². The highest BCUT2D eigenvalue weighted by Crippen LogP contribution is 2.34. The molecule has 3 aromatic rings. The summed E-state index contributed by atoms with van der Waals surface area (Å²) < 4.78 is 65.6. The zero-order valence-electron chi connectivity index (χ0n) is 18.2. The van der Waals surface area contributed by atoms with Crippen LogP contribution < -0.4 is 14.8 Å². The first-order valence-corrected chi connectivity index (χ1v) is 10.9. The number of carboxylic acid groups (broad SMARTS) is 1. The summed E-state index contributed by atoms with van der Waals surface area (Å²) in [6, 6.07) is 5.71. The molecule has 1 aromatic heterocycles. The third kappa shape index (κ3) is 6.08. The summed E-state index contributed by atoms with van der Waals surface area (Å²) >= 11 is 5.60. The Morgan fingerprint density at radius 3 is 2.64 bits per heavy atom. The molecule has 0 saturated carbocycles. The summed E-state index contributed by atoms with van der Waals surface area (Å²) in [4.78, 5) is 29.4. The van der Waals surface area contributed by atoms with Gasteiger partial charge in [-0.1, -0.05) is 11.6 Å². The van der Waals surface area contributed by atoms with Crippen LogP contribution in [0.15, 0.2) is 40.8 Å². The van der Waals surface area contributed by atoms with Crippen LogP contribution in [0, 0.1) is 5.82 Å². The minimum absolute atomic E-state index is 0.00306. The lowest BCUT2D eigenvalue weighted by Gasteiger charge is -2.36. The fraction of sp³-hybridized carbons (Fsp3) is 0.318. The first kappa shape index (κ1) is 25.4. The summed E-state index contributed by atoms with van der Waals surface area (Å²) in [5.41, 5.74) is 0.236. The number of oxazole rings is 1. The number of nitrogens with zero attached hydrogens (tertiary/aromatic N) is 2. The summed E-state index contributed by atoms with van der Waals surface area (Å²) in [7, 11) is 0. The van der Waals surface area contributed by atoms with Gasteiger partial charge in [0.05, 0.1) is 5.02 Å². The van der Waals surface area contributed by atoms with E-state index in [0.717, 1.165) is 23.1 Å². The van der Waals surface area contributed by atoms with E-state index in [1.54, 1.807) is 0 Å². The Labute approximate surface area is 205 Å². The molecule has 0 aliphatic carbocycles. The van der Waals surface area contributed by atoms with E-state index in [0.29, 0.717) is 6.42 Å². The molecule has 0 bridgehead atoms. The number of hydrogen-bond acceptors (Lipinski definition) is 6. The van der Waals surface area contributed by atoms with Crippen molar-refractivity contribution in [1.82, 2.24) is 15.2 Å². The molecule has 2 atom stereocenters. The van der Waals surface area contributed by atoms with Crippen LogP contribution in [0.5, 0.6) is 11.5 Å². The standard InChI is InChI=1S/C22H18ClF4N3O6/c23-14-4-2-12(7-15(14)24)34-10-19(31)28-11-1-6-17(30(9-11)21(32)33)20-29-16-5-3-13(8-18(16)35-20)36-22(25,26)27/h2-5,7-8,11,17H,1,6,9-10H2,(H,28,31)(H,32,33)/t11-,17+/m0/s1. The number of halogens is 5. The fourth-order valence-electron chi connectivity index (χ4n) is 3.80. The van der Waals surface area contributed by atoms with E-state index in [9.17, 15) is 32.3 Å². The van der Waals surface area contributed by atoms with E-state index in [1.165, 1.54) is 18.2 Å². The molecule has 9 nitrogen and oxygen atoms in total. The van der Waals surface area contributed by atoms with Gasteiger partial charge in [-0.2, -0.15) is 0 Å². The molecule has 2 N–H and O–H groups in total. The number of carbonyl (C=O) groups excluding carboxylic acids is 1. The second-order valence-electron chi connectivity index (χ2n) is 7.89. The van der Waals surface area contributed by atoms with Crippen LogP contribution in [0.1, 0.15) is 24.8 Å². The number of hydrogen-bond donors (Lipinski definition) is 2. The Balaban J connectivity index is 1.39. The molecule has 2 aromatic carbocycles. The van der Waals surface area contributed by atoms with Crippen molar-refractivity contribution >= 4 is 34.7 Å². The van der Waals surface area contributed by atoms with E-state index in [2.05, 4.69) is 15.0 Å². The molecular formula is C22H18ClF4N3O6. The van der Waals surface area contributed by atoms with E-state index < -0.39 is 48.6 Å². The number of alkyl halides is 3. The van der Waals surface area contributed by atoms with Crippen molar-refractivity contribution in [2.45, 2.75) is 31.3 Å². The molecule has 14 heteroatoms. The molecule has 192 valence electrons. The van der Waals surface area contributed by atoms with Gasteiger partial charge in [0.15, 0.2) is 12.2 Å². The molecule has 4 rings (SSSR count). The third-order valence-electron chi connectivity index (χ3n) is 5.35. The van der Waals surface area contributed by atoms with Crippen molar-refractivity contribution in [2.24, 2.45) is 0 Å². The lowest BCUT2D eigenvalue weighted by atomic mass is 9.98. The molecule has 1 aliphatic heterocycles. The normalized spacial score (nSPS) is 18.2. The van der Waals surface area contributed by atoms with E-state index in [-0.39, 0.29) is 40.7 Å². The van der Waals surface area contributed by atoms with Gasteiger partial charge < -0.3 is 24.3 Å². The first-order chi connectivity index (χ1) is 17.0. The lowest BCUT2D eigenvalue weighted by molar-refractivity contribution is -0.274. The van der Waals surface area contributed by atoms with Gasteiger partial charge in [0.25, 0.3) is 5.91 Å². The van der Waals surface area contributed by atoms with Gasteiger partial charge in [-0.05, 0) is 37.1 Å². The second-order valence-corrected chi connectivity index (χ2v) is 8.29. The van der Waals surface area contributed by atoms with Crippen molar-refractivity contribution < 1.29 is 46.1 Å². The Kier molecular flexibility index (Phi) is 7.11. The van der Waals surface area contributed by atoms with Crippen LogP contribution in [-0.2, 0) is 4.79 Å². The number of likely N-dealkylation sites (tertiary alicyclic amines) is 1. The molecule has 1 aliphatic rings. The highest BCUT2D eigenvalue weighted by atomic mass is 35.5. The summed E-state index contributed by atoms with van der Waals surface area (Å²) in [5, 5.41) is 12.3. The maximum Gasteiger partial charge on any atom is 0.573 e. The smallest absolute Gasteiger partial charge is 0.484 e. The number of carbonyl (C=O) groups is 2. The molecule has 36 heavy (non-hydrogen) atoms. The van der Waals surface area contributed by atoms with Crippen molar-refractivity contribution in [3.63, 3.8) is 0 Å². The number of piperidine rings is 1. The molecule has 0 unspecified atom stereocenters. The summed E-state index contributed by atoms with van der Waals surface area (Å²) in [6.45, 7) is -0.524. The van der Waals surface area contributed by atoms with Crippen LogP contribution in [0.2, 0.25) is 5.02 Å². The largest absolute Gasteiger partial charge is 0.573 e. The molecule has 1 fully saturated rings. The van der Waals surface area contributed by atoms with Crippen LogP contribution in [0.3, 0.4) is 0 Å². The zero-order chi connectivity index (χ0) is 26.0. The number of nitrogens with one attached hydrogen (secondary N) is 1. The Morgan fingerprint density at radius 1 is 1.19 bits per heavy atom. The molecule has 1 saturated heterocycles. The minimum atomic E-state index is -4.88. The minimum Gasteiger partial charge on any atom is -0.484 e. The van der Waals surface area contributed by atoms with Crippen molar-refractivity contribution in [3.05, 3.63) is 53.1 Å². The fourth-order valence-corrected chi connectivity index (χ4v) is 3.92. The van der Waals surface area contributed by atoms with Gasteiger partial charge in [0, 0.05) is 24.7 Å². The highest BCUT2D eigenvalue weighted by Gasteiger charge is 2.36. The van der Waals surface area contributed by atoms with E-state index >= 15 is 0 Å². The number of ether oxygens (including phenoxy) is 2. The predicted octanol–water partition coefficient (Wildman–Crippen LogP) is 4.90. The first-order valence-electron chi connectivity index (χ1n) is 10.5. The summed E-state index contributed by atoms with van der Waals surface area (Å²) in [6.07, 6.45) is -5.60. The van der Waals surface area contributed by atoms with Gasteiger partial charge >= 0.3 is 12.5 Å². The van der Waals surface area contributed by atoms with Gasteiger partial charge in [-0.25, -0.2) is 14.2 Å². The van der Waals surface area contributed by atoms with Crippen LogP contribution in [-0.4, -0.2) is 52.5 Å². The maximum atomic E-state index is 13.5. The van der Waals surface area contributed by atoms with Gasteiger partial charge in [-0.15, -0.1) is 13.2 Å². The van der Waals surface area contributed by atoms with Crippen molar-refractivity contribution in [2.75, 3.05) is 13.2 Å². The Morgan fingerprint density at radius 2 is 1.94 bits per heavy atom. The quantitative estimate of drug-likeness (QED) is 0.435. The molecule has 2 heterocycles. The third-order valence-corrected chi connectivity index (χ3v) is 5.66. The number of benzene rings is 2. The molecule has 2 amide bonds. The Hall–Kier alpha value is -3.74. The second kappa shape index (κ2) is 10.1. The SMILES string of the molecule is O=C(COc1ccc(Cl)c(F)c1)N[C@H]1CC[C@H](c2nc3ccc(OC(F)(F)F)cc3o2)N(C(=O)O)C1. The monoisotopic (exact) mass is 531 g/mol. The van der Waals surface area contributed by atoms with Crippen molar-refractivity contribution in [3.8, 4) is 11.5 Å². The number of aromatic nitrogens is 1. The van der Waals surface area contributed by atoms with Crippen LogP contribution in [0.25, 0.3) is 11.1 Å². The van der Waals surface area contributed by atoms with E-state index in [4.69, 9.17) is 20.8 Å². The Bertz CT molecular complexity index is 1280.